The van der Waals surface area contributed by atoms with E-state index in [1.165, 1.54) is 4.90 Å². The van der Waals surface area contributed by atoms with Gasteiger partial charge in [0.15, 0.2) is 11.6 Å². The van der Waals surface area contributed by atoms with E-state index in [2.05, 4.69) is 15.9 Å². The summed E-state index contributed by atoms with van der Waals surface area (Å²) in [6.07, 6.45) is -0.361. The Morgan fingerprint density at radius 2 is 1.69 bits per heavy atom. The highest BCUT2D eigenvalue weighted by Crippen LogP contribution is 2.36. The summed E-state index contributed by atoms with van der Waals surface area (Å²) in [5.74, 6) is -0.257. The lowest BCUT2D eigenvalue weighted by molar-refractivity contribution is -0.124. The van der Waals surface area contributed by atoms with Gasteiger partial charge in [0.1, 0.15) is 11.6 Å². The number of fused-ring (bicyclic) bond motifs is 1. The Labute approximate surface area is 179 Å². The van der Waals surface area contributed by atoms with Crippen molar-refractivity contribution in [1.29, 1.82) is 0 Å². The lowest BCUT2D eigenvalue weighted by Gasteiger charge is -2.28. The molecule has 3 rings (SSSR count). The Kier molecular flexibility index (Phi) is 6.22. The van der Waals surface area contributed by atoms with Crippen molar-refractivity contribution < 1.29 is 19.1 Å². The first-order valence-electron chi connectivity index (χ1n) is 9.54. The molecule has 152 valence electrons. The summed E-state index contributed by atoms with van der Waals surface area (Å²) in [5.41, 5.74) is 1.64. The molecule has 0 spiro atoms. The van der Waals surface area contributed by atoms with Crippen LogP contribution in [-0.2, 0) is 16.1 Å². The molecule has 1 aliphatic rings. The number of hydrogen-bond acceptors (Lipinski definition) is 4. The highest BCUT2D eigenvalue weighted by Gasteiger charge is 2.39. The van der Waals surface area contributed by atoms with Gasteiger partial charge in [-0.1, -0.05) is 52.3 Å². The van der Waals surface area contributed by atoms with Gasteiger partial charge in [0.2, 0.25) is 0 Å². The molecule has 2 aromatic carbocycles. The fourth-order valence-corrected chi connectivity index (χ4v) is 3.64. The van der Waals surface area contributed by atoms with Crippen molar-refractivity contribution in [2.75, 3.05) is 0 Å². The Hall–Kier alpha value is -2.47. The van der Waals surface area contributed by atoms with E-state index in [1.54, 1.807) is 45.0 Å². The first-order chi connectivity index (χ1) is 13.7. The zero-order valence-electron chi connectivity index (χ0n) is 16.8. The van der Waals surface area contributed by atoms with Gasteiger partial charge in [-0.15, -0.1) is 0 Å². The van der Waals surface area contributed by atoms with Gasteiger partial charge >= 0.3 is 6.09 Å². The van der Waals surface area contributed by atoms with Gasteiger partial charge in [-0.25, -0.2) is 4.79 Å². The minimum Gasteiger partial charge on any atom is -0.444 e. The molecule has 0 N–H and O–H groups in total. The van der Waals surface area contributed by atoms with Gasteiger partial charge in [0, 0.05) is 22.9 Å². The van der Waals surface area contributed by atoms with Crippen LogP contribution in [0.15, 0.2) is 53.0 Å². The van der Waals surface area contributed by atoms with Gasteiger partial charge in [0.25, 0.3) is 0 Å². The second-order valence-corrected chi connectivity index (χ2v) is 9.02. The molecule has 0 radical (unpaired) electrons. The number of carbonyl (C=O) groups excluding carboxylic acids is 3. The van der Waals surface area contributed by atoms with E-state index in [-0.39, 0.29) is 24.4 Å². The molecule has 0 saturated heterocycles. The van der Waals surface area contributed by atoms with Crippen LogP contribution in [0.5, 0.6) is 0 Å². The second-order valence-electron chi connectivity index (χ2n) is 8.11. The number of ether oxygens (including phenoxy) is 1. The van der Waals surface area contributed by atoms with Gasteiger partial charge in [-0.2, -0.15) is 0 Å². The summed E-state index contributed by atoms with van der Waals surface area (Å²) in [4.78, 5) is 39.7. The second kappa shape index (κ2) is 8.49. The molecule has 1 aliphatic heterocycles. The minimum absolute atomic E-state index is 0.0627. The molecule has 0 fully saturated rings. The molecule has 0 aromatic heterocycles. The quantitative estimate of drug-likeness (QED) is 0.558. The SMILES string of the molecule is CC(C)(C)OC(=O)N1Cc2ccccc2C1C(=O)CCC(=O)c1ccc(Br)cc1. The van der Waals surface area contributed by atoms with Gasteiger partial charge in [-0.05, 0) is 44.0 Å². The fourth-order valence-electron chi connectivity index (χ4n) is 3.38. The lowest BCUT2D eigenvalue weighted by Crippen LogP contribution is -2.38. The Bertz CT molecular complexity index is 931. The molecule has 1 unspecified atom stereocenters. The molecule has 29 heavy (non-hydrogen) atoms. The fraction of sp³-hybridized carbons (Fsp3) is 0.348. The topological polar surface area (TPSA) is 63.7 Å². The molecule has 0 aliphatic carbocycles. The van der Waals surface area contributed by atoms with Crippen LogP contribution < -0.4 is 0 Å². The lowest BCUT2D eigenvalue weighted by atomic mass is 9.97. The van der Waals surface area contributed by atoms with Crippen LogP contribution in [0.4, 0.5) is 4.79 Å². The molecule has 0 saturated carbocycles. The normalized spacial score (nSPS) is 15.7. The summed E-state index contributed by atoms with van der Waals surface area (Å²) >= 11 is 3.34. The average molecular weight is 458 g/mol. The van der Waals surface area contributed by atoms with Crippen molar-refractivity contribution in [1.82, 2.24) is 4.90 Å². The largest absolute Gasteiger partial charge is 0.444 e. The standard InChI is InChI=1S/C23H24BrNO4/c1-23(2,3)29-22(28)25-14-16-6-4-5-7-18(16)21(25)20(27)13-12-19(26)15-8-10-17(24)11-9-15/h4-11,21H,12-14H2,1-3H3. The van der Waals surface area contributed by atoms with Crippen molar-refractivity contribution in [2.45, 2.75) is 51.8 Å². The summed E-state index contributed by atoms with van der Waals surface area (Å²) in [6.45, 7) is 5.70. The number of halogens is 1. The van der Waals surface area contributed by atoms with Crippen LogP contribution in [0.25, 0.3) is 0 Å². The van der Waals surface area contributed by atoms with Crippen LogP contribution in [-0.4, -0.2) is 28.2 Å². The predicted octanol–water partition coefficient (Wildman–Crippen LogP) is 5.47. The third-order valence-corrected chi connectivity index (χ3v) is 5.23. The zero-order valence-corrected chi connectivity index (χ0v) is 18.4. The van der Waals surface area contributed by atoms with Crippen LogP contribution >= 0.6 is 15.9 Å². The number of ketones is 2. The highest BCUT2D eigenvalue weighted by molar-refractivity contribution is 9.10. The number of carbonyl (C=O) groups is 3. The third-order valence-electron chi connectivity index (χ3n) is 4.70. The van der Waals surface area contributed by atoms with Crippen molar-refractivity contribution in [3.05, 3.63) is 69.7 Å². The van der Waals surface area contributed by atoms with E-state index < -0.39 is 17.7 Å². The summed E-state index contributed by atoms with van der Waals surface area (Å²) < 4.78 is 6.39. The Morgan fingerprint density at radius 1 is 1.03 bits per heavy atom. The first-order valence-corrected chi connectivity index (χ1v) is 10.3. The molecule has 6 heteroatoms. The predicted molar refractivity (Wildman–Crippen MR) is 114 cm³/mol. The zero-order chi connectivity index (χ0) is 21.2. The minimum atomic E-state index is -0.723. The maximum absolute atomic E-state index is 13.1. The number of rotatable bonds is 5. The first kappa shape index (κ1) is 21.2. The number of hydrogen-bond donors (Lipinski definition) is 0. The van der Waals surface area contributed by atoms with E-state index in [4.69, 9.17) is 4.74 Å². The smallest absolute Gasteiger partial charge is 0.411 e. The van der Waals surface area contributed by atoms with Crippen molar-refractivity contribution >= 4 is 33.6 Å². The van der Waals surface area contributed by atoms with E-state index in [0.717, 1.165) is 15.6 Å². The van der Waals surface area contributed by atoms with Gasteiger partial charge < -0.3 is 4.74 Å². The molecule has 1 atom stereocenters. The van der Waals surface area contributed by atoms with E-state index in [9.17, 15) is 14.4 Å². The highest BCUT2D eigenvalue weighted by atomic mass is 79.9. The monoisotopic (exact) mass is 457 g/mol. The van der Waals surface area contributed by atoms with E-state index in [0.29, 0.717) is 12.1 Å². The summed E-state index contributed by atoms with van der Waals surface area (Å²) in [5, 5.41) is 0. The number of Topliss-reactive ketones (excluding diaryl/α,β-unsaturated/α-hetero) is 2. The van der Waals surface area contributed by atoms with Crippen LogP contribution in [0.2, 0.25) is 0 Å². The van der Waals surface area contributed by atoms with E-state index in [1.807, 2.05) is 24.3 Å². The molecular weight excluding hydrogens is 434 g/mol. The van der Waals surface area contributed by atoms with Gasteiger partial charge in [0.05, 0.1) is 6.54 Å². The molecule has 2 aromatic rings. The van der Waals surface area contributed by atoms with Crippen LogP contribution in [0.3, 0.4) is 0 Å². The van der Waals surface area contributed by atoms with Crippen LogP contribution in [0.1, 0.15) is 61.1 Å². The third kappa shape index (κ3) is 5.12. The molecule has 5 nitrogen and oxygen atoms in total. The van der Waals surface area contributed by atoms with Crippen LogP contribution in [0, 0.1) is 0 Å². The average Bonchev–Trinajstić information content (AvgIpc) is 3.05. The number of nitrogens with zero attached hydrogens (tertiary/aromatic N) is 1. The summed E-state index contributed by atoms with van der Waals surface area (Å²) in [6, 6.07) is 13.8. The van der Waals surface area contributed by atoms with Crippen molar-refractivity contribution in [3.8, 4) is 0 Å². The van der Waals surface area contributed by atoms with Crippen molar-refractivity contribution in [2.24, 2.45) is 0 Å². The van der Waals surface area contributed by atoms with Gasteiger partial charge in [-0.3, -0.25) is 14.5 Å². The summed E-state index contributed by atoms with van der Waals surface area (Å²) in [7, 11) is 0. The van der Waals surface area contributed by atoms with E-state index >= 15 is 0 Å². The molecule has 0 bridgehead atoms. The van der Waals surface area contributed by atoms with Crippen molar-refractivity contribution in [3.63, 3.8) is 0 Å². The maximum Gasteiger partial charge on any atom is 0.411 e. The molecular formula is C23H24BrNO4. The number of benzene rings is 2. The Morgan fingerprint density at radius 3 is 2.34 bits per heavy atom. The number of amides is 1. The molecule has 1 heterocycles. The molecule has 1 amide bonds. The maximum atomic E-state index is 13.1. The Balaban J connectivity index is 1.75.